The number of rotatable bonds is 10. The summed E-state index contributed by atoms with van der Waals surface area (Å²) in [6.07, 6.45) is 1.85. The Morgan fingerprint density at radius 2 is 1.61 bits per heavy atom. The average Bonchev–Trinajstić information content (AvgIpc) is 3.48. The highest BCUT2D eigenvalue weighted by Gasteiger charge is 2.35. The van der Waals surface area contributed by atoms with Crippen LogP contribution in [0.2, 0.25) is 5.02 Å². The Balaban J connectivity index is 1.47. The molecule has 0 amide bonds. The van der Waals surface area contributed by atoms with Gasteiger partial charge in [0, 0.05) is 16.1 Å². The molecule has 0 spiro atoms. The predicted molar refractivity (Wildman–Crippen MR) is 200 cm³/mol. The number of esters is 1. The van der Waals surface area contributed by atoms with E-state index in [0.717, 1.165) is 27.5 Å². The first kappa shape index (κ1) is 33.8. The molecule has 0 radical (unpaired) electrons. The molecule has 6 aromatic rings. The van der Waals surface area contributed by atoms with Crippen LogP contribution in [0.1, 0.15) is 35.2 Å². The average molecular weight is 717 g/mol. The van der Waals surface area contributed by atoms with Crippen molar-refractivity contribution in [2.75, 3.05) is 20.8 Å². The summed E-state index contributed by atoms with van der Waals surface area (Å²) in [7, 11) is 3.10. The van der Waals surface area contributed by atoms with Crippen LogP contribution < -0.4 is 29.1 Å². The molecule has 0 N–H and O–H groups in total. The zero-order valence-corrected chi connectivity index (χ0v) is 29.7. The number of aromatic nitrogens is 1. The zero-order valence-electron chi connectivity index (χ0n) is 28.1. The molecule has 0 bridgehead atoms. The summed E-state index contributed by atoms with van der Waals surface area (Å²) in [5.74, 6) is 1.02. The number of methoxy groups -OCH3 is 2. The lowest BCUT2D eigenvalue weighted by molar-refractivity contribution is -0.138. The number of thiazole rings is 1. The quantitative estimate of drug-likeness (QED) is 0.138. The minimum atomic E-state index is -0.884. The van der Waals surface area contributed by atoms with E-state index in [0.29, 0.717) is 49.5 Å². The summed E-state index contributed by atoms with van der Waals surface area (Å²) >= 11 is 7.35. The minimum absolute atomic E-state index is 0.146. The summed E-state index contributed by atoms with van der Waals surface area (Å²) in [4.78, 5) is 34.0. The largest absolute Gasteiger partial charge is 0.493 e. The smallest absolute Gasteiger partial charge is 0.338 e. The van der Waals surface area contributed by atoms with Crippen LogP contribution in [0, 0.1) is 0 Å². The third-order valence-electron chi connectivity index (χ3n) is 8.61. The van der Waals surface area contributed by atoms with Gasteiger partial charge in [0.2, 0.25) is 0 Å². The van der Waals surface area contributed by atoms with Crippen LogP contribution >= 0.6 is 22.9 Å². The molecule has 0 aliphatic carbocycles. The van der Waals surface area contributed by atoms with Crippen molar-refractivity contribution in [1.82, 2.24) is 4.57 Å². The van der Waals surface area contributed by atoms with Gasteiger partial charge in [0.05, 0.1) is 42.7 Å². The highest BCUT2D eigenvalue weighted by atomic mass is 35.5. The molecule has 1 aliphatic rings. The second-order valence-electron chi connectivity index (χ2n) is 11.7. The highest BCUT2D eigenvalue weighted by molar-refractivity contribution is 7.07. The van der Waals surface area contributed by atoms with Crippen molar-refractivity contribution in [2.45, 2.75) is 19.6 Å². The number of halogens is 1. The van der Waals surface area contributed by atoms with E-state index in [1.165, 1.54) is 11.3 Å². The summed E-state index contributed by atoms with van der Waals surface area (Å²) < 4.78 is 25.1. The standard InChI is InChI=1S/C41H33ClN2O6S/c1-4-49-40(46)36-37(27-11-6-5-7-12-27)43-41-44(38(36)28-17-21-33(47-2)34(22-28)48-3)39(45)35(51-41)23-31-30-13-9-8-10-26(30)16-20-32(31)50-24-25-14-18-29(42)19-15-25/h5-23,38H,4,24H2,1-3H3/b35-23-/t38-/m1/s1. The van der Waals surface area contributed by atoms with Crippen molar-refractivity contribution in [1.29, 1.82) is 0 Å². The molecule has 10 heteroatoms. The number of hydrogen-bond acceptors (Lipinski definition) is 8. The number of ether oxygens (including phenoxy) is 4. The van der Waals surface area contributed by atoms with E-state index < -0.39 is 12.0 Å². The lowest BCUT2D eigenvalue weighted by Crippen LogP contribution is -2.40. The van der Waals surface area contributed by atoms with Crippen LogP contribution in [0.25, 0.3) is 22.5 Å². The Morgan fingerprint density at radius 3 is 2.35 bits per heavy atom. The Bertz CT molecular complexity index is 2470. The van der Waals surface area contributed by atoms with E-state index in [-0.39, 0.29) is 17.7 Å². The second kappa shape index (κ2) is 14.7. The maximum atomic E-state index is 14.7. The van der Waals surface area contributed by atoms with Crippen LogP contribution in [-0.2, 0) is 16.1 Å². The minimum Gasteiger partial charge on any atom is -0.493 e. The summed E-state index contributed by atoms with van der Waals surface area (Å²) in [6, 6.07) is 33.3. The number of fused-ring (bicyclic) bond motifs is 2. The van der Waals surface area contributed by atoms with Crippen LogP contribution in [0.5, 0.6) is 17.2 Å². The van der Waals surface area contributed by atoms with Gasteiger partial charge in [-0.15, -0.1) is 0 Å². The molecule has 8 nitrogen and oxygen atoms in total. The van der Waals surface area contributed by atoms with E-state index in [1.54, 1.807) is 37.8 Å². The fraction of sp³-hybridized carbons (Fsp3) is 0.146. The van der Waals surface area contributed by atoms with Crippen LogP contribution in [0.4, 0.5) is 0 Å². The lowest BCUT2D eigenvalue weighted by atomic mass is 9.93. The fourth-order valence-corrected chi connectivity index (χ4v) is 7.31. The molecule has 2 heterocycles. The maximum Gasteiger partial charge on any atom is 0.338 e. The van der Waals surface area contributed by atoms with E-state index in [1.807, 2.05) is 103 Å². The highest BCUT2D eigenvalue weighted by Crippen LogP contribution is 2.38. The SMILES string of the molecule is CCOC(=O)C1=C(c2ccccc2)N=c2s/c(=C\c3c(OCc4ccc(Cl)cc4)ccc4ccccc34)c(=O)n2[C@@H]1c1ccc(OC)c(OC)c1. The molecular formula is C41H33ClN2O6S. The number of carbonyl (C=O) groups excluding carboxylic acids is 1. The summed E-state index contributed by atoms with van der Waals surface area (Å²) in [6.45, 7) is 2.20. The van der Waals surface area contributed by atoms with E-state index >= 15 is 0 Å². The molecule has 5 aromatic carbocycles. The van der Waals surface area contributed by atoms with Crippen molar-refractivity contribution < 1.29 is 23.7 Å². The maximum absolute atomic E-state index is 14.7. The van der Waals surface area contributed by atoms with Crippen molar-refractivity contribution in [3.63, 3.8) is 0 Å². The van der Waals surface area contributed by atoms with Gasteiger partial charge < -0.3 is 18.9 Å². The molecular weight excluding hydrogens is 684 g/mol. The molecule has 7 rings (SSSR count). The predicted octanol–water partition coefficient (Wildman–Crippen LogP) is 7.34. The lowest BCUT2D eigenvalue weighted by Gasteiger charge is -2.26. The van der Waals surface area contributed by atoms with Crippen molar-refractivity contribution >= 4 is 51.5 Å². The molecule has 1 atom stereocenters. The Kier molecular flexibility index (Phi) is 9.74. The molecule has 51 heavy (non-hydrogen) atoms. The molecule has 0 saturated carbocycles. The Morgan fingerprint density at radius 1 is 0.882 bits per heavy atom. The van der Waals surface area contributed by atoms with E-state index in [9.17, 15) is 9.59 Å². The number of benzene rings is 5. The zero-order chi connectivity index (χ0) is 35.5. The molecule has 0 saturated heterocycles. The summed E-state index contributed by atoms with van der Waals surface area (Å²) in [5.41, 5.74) is 3.41. The first-order valence-corrected chi connectivity index (χ1v) is 17.5. The van der Waals surface area contributed by atoms with Crippen molar-refractivity contribution in [3.8, 4) is 17.2 Å². The van der Waals surface area contributed by atoms with Crippen LogP contribution in [0.3, 0.4) is 0 Å². The topological polar surface area (TPSA) is 88.4 Å². The van der Waals surface area contributed by atoms with Gasteiger partial charge >= 0.3 is 5.97 Å². The van der Waals surface area contributed by atoms with Gasteiger partial charge in [-0.05, 0) is 65.2 Å². The molecule has 0 fully saturated rings. The third kappa shape index (κ3) is 6.66. The van der Waals surface area contributed by atoms with E-state index in [2.05, 4.69) is 0 Å². The third-order valence-corrected chi connectivity index (χ3v) is 9.85. The number of carbonyl (C=O) groups is 1. The van der Waals surface area contributed by atoms with E-state index in [4.69, 9.17) is 35.5 Å². The van der Waals surface area contributed by atoms with Crippen molar-refractivity contribution in [2.24, 2.45) is 4.99 Å². The molecule has 0 unspecified atom stereocenters. The Labute approximate surface area is 303 Å². The van der Waals surface area contributed by atoms with Gasteiger partial charge in [-0.1, -0.05) is 102 Å². The van der Waals surface area contributed by atoms with Gasteiger partial charge in [-0.25, -0.2) is 9.79 Å². The van der Waals surface area contributed by atoms with Gasteiger partial charge in [-0.3, -0.25) is 9.36 Å². The monoisotopic (exact) mass is 716 g/mol. The summed E-state index contributed by atoms with van der Waals surface area (Å²) in [5, 5.41) is 2.56. The molecule has 1 aromatic heterocycles. The van der Waals surface area contributed by atoms with Gasteiger partial charge in [0.15, 0.2) is 16.3 Å². The first-order chi connectivity index (χ1) is 24.9. The second-order valence-corrected chi connectivity index (χ2v) is 13.1. The number of nitrogens with zero attached hydrogens (tertiary/aromatic N) is 2. The Hall–Kier alpha value is -5.64. The first-order valence-electron chi connectivity index (χ1n) is 16.3. The van der Waals surface area contributed by atoms with Gasteiger partial charge in [0.1, 0.15) is 12.4 Å². The van der Waals surface area contributed by atoms with Gasteiger partial charge in [0.25, 0.3) is 5.56 Å². The van der Waals surface area contributed by atoms with Crippen molar-refractivity contribution in [3.05, 3.63) is 162 Å². The molecule has 1 aliphatic heterocycles. The van der Waals surface area contributed by atoms with Crippen LogP contribution in [0.15, 0.2) is 125 Å². The number of hydrogen-bond donors (Lipinski definition) is 0. The van der Waals surface area contributed by atoms with Gasteiger partial charge in [-0.2, -0.15) is 0 Å². The fourth-order valence-electron chi connectivity index (χ4n) is 6.20. The molecule has 256 valence electrons. The normalized spacial score (nSPS) is 14.2. The van der Waals surface area contributed by atoms with Crippen LogP contribution in [-0.4, -0.2) is 31.4 Å².